The first-order valence-corrected chi connectivity index (χ1v) is 6.21. The summed E-state index contributed by atoms with van der Waals surface area (Å²) >= 11 is 0. The van der Waals surface area contributed by atoms with Gasteiger partial charge in [-0.25, -0.2) is 0 Å². The number of piperidine rings is 1. The van der Waals surface area contributed by atoms with Crippen molar-refractivity contribution in [2.45, 2.75) is 31.8 Å². The summed E-state index contributed by atoms with van der Waals surface area (Å²) in [5, 5.41) is 2.70. The summed E-state index contributed by atoms with van der Waals surface area (Å²) in [5.41, 5.74) is 0.902. The largest absolute Gasteiger partial charge is 0.452 e. The fourth-order valence-electron chi connectivity index (χ4n) is 1.98. The molecule has 2 atom stereocenters. The van der Waals surface area contributed by atoms with E-state index in [1.54, 1.807) is 6.92 Å². The number of ether oxygens (including phenoxy) is 1. The number of nitrogens with one attached hydrogen (secondary N) is 1. The van der Waals surface area contributed by atoms with E-state index in [0.29, 0.717) is 13.0 Å². The van der Waals surface area contributed by atoms with Gasteiger partial charge in [-0.05, 0) is 25.3 Å². The van der Waals surface area contributed by atoms with Gasteiger partial charge in [0.25, 0.3) is 5.91 Å². The minimum atomic E-state index is -0.627. The molecule has 1 fully saturated rings. The Morgan fingerprint density at radius 2 is 2.11 bits per heavy atom. The van der Waals surface area contributed by atoms with Crippen LogP contribution >= 0.6 is 0 Å². The molecule has 96 valence electrons. The van der Waals surface area contributed by atoms with Crippen molar-refractivity contribution in [2.24, 2.45) is 0 Å². The zero-order valence-corrected chi connectivity index (χ0v) is 10.4. The Hall–Kier alpha value is -1.84. The van der Waals surface area contributed by atoms with Gasteiger partial charge >= 0.3 is 5.97 Å². The molecule has 18 heavy (non-hydrogen) atoms. The SMILES string of the molecule is C[C@@H](C(=O)O[C@@H]1CCCNC1=O)c1ccccc1. The van der Waals surface area contributed by atoms with Crippen LogP contribution in [-0.4, -0.2) is 24.5 Å². The molecule has 0 aliphatic carbocycles. The maximum atomic E-state index is 12.0. The lowest BCUT2D eigenvalue weighted by Crippen LogP contribution is -2.43. The van der Waals surface area contributed by atoms with Gasteiger partial charge in [-0.3, -0.25) is 9.59 Å². The van der Waals surface area contributed by atoms with Gasteiger partial charge in [-0.2, -0.15) is 0 Å². The Bertz CT molecular complexity index is 430. The van der Waals surface area contributed by atoms with E-state index in [9.17, 15) is 9.59 Å². The Morgan fingerprint density at radius 3 is 2.78 bits per heavy atom. The number of hydrogen-bond donors (Lipinski definition) is 1. The third kappa shape index (κ3) is 2.88. The van der Waals surface area contributed by atoms with Crippen LogP contribution in [0.4, 0.5) is 0 Å². The lowest BCUT2D eigenvalue weighted by atomic mass is 10.0. The first kappa shape index (κ1) is 12.6. The van der Waals surface area contributed by atoms with E-state index in [-0.39, 0.29) is 17.8 Å². The number of carbonyl (C=O) groups is 2. The molecule has 0 spiro atoms. The highest BCUT2D eigenvalue weighted by atomic mass is 16.5. The predicted octanol–water partition coefficient (Wildman–Crippen LogP) is 1.61. The zero-order chi connectivity index (χ0) is 13.0. The summed E-state index contributed by atoms with van der Waals surface area (Å²) in [4.78, 5) is 23.5. The van der Waals surface area contributed by atoms with E-state index < -0.39 is 6.10 Å². The number of hydrogen-bond acceptors (Lipinski definition) is 3. The number of carbonyl (C=O) groups excluding carboxylic acids is 2. The van der Waals surface area contributed by atoms with Crippen LogP contribution in [0.15, 0.2) is 30.3 Å². The number of esters is 1. The van der Waals surface area contributed by atoms with Crippen molar-refractivity contribution < 1.29 is 14.3 Å². The molecule has 0 bridgehead atoms. The Morgan fingerprint density at radius 1 is 1.39 bits per heavy atom. The molecular formula is C14H17NO3. The van der Waals surface area contributed by atoms with Crippen molar-refractivity contribution in [1.29, 1.82) is 0 Å². The second-order valence-electron chi connectivity index (χ2n) is 4.49. The number of rotatable bonds is 3. The molecule has 1 amide bonds. The molecule has 0 saturated carbocycles. The smallest absolute Gasteiger partial charge is 0.313 e. The second kappa shape index (κ2) is 5.67. The Kier molecular flexibility index (Phi) is 3.97. The molecule has 1 aromatic rings. The minimum absolute atomic E-state index is 0.185. The van der Waals surface area contributed by atoms with Crippen molar-refractivity contribution in [1.82, 2.24) is 5.32 Å². The van der Waals surface area contributed by atoms with Crippen LogP contribution in [0.25, 0.3) is 0 Å². The van der Waals surface area contributed by atoms with Crippen LogP contribution in [0.5, 0.6) is 0 Å². The van der Waals surface area contributed by atoms with Crippen molar-refractivity contribution in [3.8, 4) is 0 Å². The third-order valence-electron chi connectivity index (χ3n) is 3.15. The van der Waals surface area contributed by atoms with Crippen LogP contribution in [0.2, 0.25) is 0 Å². The van der Waals surface area contributed by atoms with E-state index in [1.807, 2.05) is 30.3 Å². The minimum Gasteiger partial charge on any atom is -0.452 e. The summed E-state index contributed by atoms with van der Waals surface area (Å²) in [5.74, 6) is -0.876. The van der Waals surface area contributed by atoms with Gasteiger partial charge in [0.15, 0.2) is 6.10 Å². The van der Waals surface area contributed by atoms with E-state index in [4.69, 9.17) is 4.74 Å². The van der Waals surface area contributed by atoms with Crippen molar-refractivity contribution in [3.63, 3.8) is 0 Å². The zero-order valence-electron chi connectivity index (χ0n) is 10.4. The summed E-state index contributed by atoms with van der Waals surface area (Å²) in [6.45, 7) is 2.46. The Balaban J connectivity index is 1.97. The summed E-state index contributed by atoms with van der Waals surface area (Å²) in [7, 11) is 0. The molecule has 0 unspecified atom stereocenters. The van der Waals surface area contributed by atoms with Gasteiger partial charge in [0.05, 0.1) is 5.92 Å². The van der Waals surface area contributed by atoms with Crippen LogP contribution < -0.4 is 5.32 Å². The normalized spacial score (nSPS) is 20.9. The standard InChI is InChI=1S/C14H17NO3/c1-10(11-6-3-2-4-7-11)14(17)18-12-8-5-9-15-13(12)16/h2-4,6-7,10,12H,5,8-9H2,1H3,(H,15,16)/t10-,12-/m1/s1. The molecule has 1 aliphatic rings. The topological polar surface area (TPSA) is 55.4 Å². The fourth-order valence-corrected chi connectivity index (χ4v) is 1.98. The summed E-state index contributed by atoms with van der Waals surface area (Å²) in [6, 6.07) is 9.43. The number of amides is 1. The fraction of sp³-hybridized carbons (Fsp3) is 0.429. The van der Waals surface area contributed by atoms with E-state index in [2.05, 4.69) is 5.32 Å². The molecule has 0 aromatic heterocycles. The second-order valence-corrected chi connectivity index (χ2v) is 4.49. The quantitative estimate of drug-likeness (QED) is 0.826. The van der Waals surface area contributed by atoms with Crippen molar-refractivity contribution in [3.05, 3.63) is 35.9 Å². The molecule has 2 rings (SSSR count). The summed E-state index contributed by atoms with van der Waals surface area (Å²) < 4.78 is 5.27. The highest BCUT2D eigenvalue weighted by Crippen LogP contribution is 2.18. The van der Waals surface area contributed by atoms with Gasteiger partial charge in [-0.1, -0.05) is 30.3 Å². The monoisotopic (exact) mass is 247 g/mol. The molecule has 1 aromatic carbocycles. The van der Waals surface area contributed by atoms with Crippen LogP contribution in [0.3, 0.4) is 0 Å². The average Bonchev–Trinajstić information content (AvgIpc) is 2.41. The van der Waals surface area contributed by atoms with E-state index >= 15 is 0 Å². The van der Waals surface area contributed by atoms with Crippen molar-refractivity contribution in [2.75, 3.05) is 6.54 Å². The maximum Gasteiger partial charge on any atom is 0.313 e. The highest BCUT2D eigenvalue weighted by molar-refractivity contribution is 5.86. The van der Waals surface area contributed by atoms with Crippen LogP contribution in [0.1, 0.15) is 31.2 Å². The van der Waals surface area contributed by atoms with Gasteiger partial charge in [-0.15, -0.1) is 0 Å². The predicted molar refractivity (Wildman–Crippen MR) is 67.0 cm³/mol. The van der Waals surface area contributed by atoms with Crippen molar-refractivity contribution >= 4 is 11.9 Å². The third-order valence-corrected chi connectivity index (χ3v) is 3.15. The number of benzene rings is 1. The molecular weight excluding hydrogens is 230 g/mol. The van der Waals surface area contributed by atoms with E-state index in [0.717, 1.165) is 12.0 Å². The van der Waals surface area contributed by atoms with Gasteiger partial charge < -0.3 is 10.1 Å². The van der Waals surface area contributed by atoms with Gasteiger partial charge in [0.1, 0.15) is 0 Å². The summed E-state index contributed by atoms with van der Waals surface area (Å²) in [6.07, 6.45) is 0.833. The molecule has 1 heterocycles. The van der Waals surface area contributed by atoms with Crippen LogP contribution in [-0.2, 0) is 14.3 Å². The molecule has 4 heteroatoms. The van der Waals surface area contributed by atoms with E-state index in [1.165, 1.54) is 0 Å². The molecule has 4 nitrogen and oxygen atoms in total. The maximum absolute atomic E-state index is 12.0. The Labute approximate surface area is 106 Å². The lowest BCUT2D eigenvalue weighted by Gasteiger charge is -2.23. The molecule has 1 aliphatic heterocycles. The van der Waals surface area contributed by atoms with Crippen LogP contribution in [0, 0.1) is 0 Å². The first-order valence-electron chi connectivity index (χ1n) is 6.21. The lowest BCUT2D eigenvalue weighted by molar-refractivity contribution is -0.158. The van der Waals surface area contributed by atoms with Gasteiger partial charge in [0, 0.05) is 6.54 Å². The highest BCUT2D eigenvalue weighted by Gasteiger charge is 2.28. The molecule has 1 N–H and O–H groups in total. The average molecular weight is 247 g/mol. The first-order chi connectivity index (χ1) is 8.68. The molecule has 1 saturated heterocycles. The van der Waals surface area contributed by atoms with Gasteiger partial charge in [0.2, 0.25) is 0 Å². The molecule has 0 radical (unpaired) electrons.